The molecule has 2 aliphatic rings. The van der Waals surface area contributed by atoms with Crippen LogP contribution in [-0.4, -0.2) is 11.8 Å². The Morgan fingerprint density at radius 2 is 1.25 bits per heavy atom. The first kappa shape index (κ1) is 36.7. The van der Waals surface area contributed by atoms with Gasteiger partial charge >= 0.3 is 0 Å². The van der Waals surface area contributed by atoms with Crippen molar-refractivity contribution in [1.82, 2.24) is 4.57 Å². The molecule has 291 valence electrons. The zero-order chi connectivity index (χ0) is 41.3. The van der Waals surface area contributed by atoms with E-state index in [0.717, 1.165) is 11.4 Å². The van der Waals surface area contributed by atoms with E-state index in [4.69, 9.17) is 0 Å². The van der Waals surface area contributed by atoms with Gasteiger partial charge in [-0.2, -0.15) is 0 Å². The number of anilines is 2. The standard InChI is InChI=1S/C57H50BN2/c1-55(2,3)37-23-27-50-43(30-37)44-31-38(56(4,5)6)32-48-54(44)60(50)51-29-36(34-16-10-9-11-17-34)28-45(53(51)58-48)52-40-19-13-12-18-35(40)22-26-49(52)59-39-24-25-47-42(33-39)41-20-14-15-21-46(41)57(47,7)8/h9-33,59H,1-8H3. The molecule has 0 spiro atoms. The monoisotopic (exact) mass is 773 g/mol. The Hall–Kier alpha value is -6.32. The van der Waals surface area contributed by atoms with Crippen LogP contribution in [0.1, 0.15) is 77.6 Å². The van der Waals surface area contributed by atoms with Gasteiger partial charge in [-0.15, -0.1) is 0 Å². The van der Waals surface area contributed by atoms with Gasteiger partial charge in [0.2, 0.25) is 0 Å². The molecule has 0 bridgehead atoms. The molecular formula is C57H50BN2. The molecule has 2 nitrogen and oxygen atoms in total. The molecule has 1 aliphatic heterocycles. The molecule has 60 heavy (non-hydrogen) atoms. The zero-order valence-electron chi connectivity index (χ0n) is 36.0. The van der Waals surface area contributed by atoms with E-state index >= 15 is 0 Å². The van der Waals surface area contributed by atoms with Crippen molar-refractivity contribution in [1.29, 1.82) is 0 Å². The molecule has 1 N–H and O–H groups in total. The summed E-state index contributed by atoms with van der Waals surface area (Å²) in [6.07, 6.45) is 0. The van der Waals surface area contributed by atoms with E-state index in [9.17, 15) is 0 Å². The lowest BCUT2D eigenvalue weighted by atomic mass is 9.58. The molecule has 1 aliphatic carbocycles. The van der Waals surface area contributed by atoms with Crippen LogP contribution >= 0.6 is 0 Å². The van der Waals surface area contributed by atoms with Crippen molar-refractivity contribution < 1.29 is 0 Å². The SMILES string of the molecule is CC(C)(C)c1ccc2c(c1)c1cc(C(C)(C)C)cc3c1n2-c1cc(-c2ccccc2)cc(-c2c(Nc4ccc5c(c4)-c4ccccc4C5(C)C)ccc4ccccc24)c1[B]3. The van der Waals surface area contributed by atoms with Crippen molar-refractivity contribution in [3.63, 3.8) is 0 Å². The summed E-state index contributed by atoms with van der Waals surface area (Å²) in [4.78, 5) is 0. The molecule has 2 heterocycles. The topological polar surface area (TPSA) is 17.0 Å². The van der Waals surface area contributed by atoms with Gasteiger partial charge in [-0.3, -0.25) is 0 Å². The maximum absolute atomic E-state index is 4.01. The van der Waals surface area contributed by atoms with Crippen LogP contribution in [0, 0.1) is 0 Å². The summed E-state index contributed by atoms with van der Waals surface area (Å²) < 4.78 is 2.57. The Morgan fingerprint density at radius 1 is 0.533 bits per heavy atom. The Bertz CT molecular complexity index is 3240. The Labute approximate surface area is 355 Å². The summed E-state index contributed by atoms with van der Waals surface area (Å²) in [5.41, 5.74) is 21.3. The summed E-state index contributed by atoms with van der Waals surface area (Å²) in [5.74, 6) is 0. The molecule has 3 heteroatoms. The lowest BCUT2D eigenvalue weighted by molar-refractivity contribution is 0.590. The molecule has 1 radical (unpaired) electrons. The Balaban J connectivity index is 1.20. The second kappa shape index (κ2) is 12.8. The van der Waals surface area contributed by atoms with Crippen LogP contribution in [0.5, 0.6) is 0 Å². The molecule has 0 amide bonds. The van der Waals surface area contributed by atoms with Crippen LogP contribution in [0.25, 0.3) is 71.6 Å². The van der Waals surface area contributed by atoms with E-state index in [1.54, 1.807) is 0 Å². The maximum Gasteiger partial charge on any atom is 0.197 e. The third kappa shape index (κ3) is 5.55. The van der Waals surface area contributed by atoms with E-state index in [1.165, 1.54) is 105 Å². The van der Waals surface area contributed by atoms with Crippen LogP contribution in [0.15, 0.2) is 152 Å². The fraction of sp³-hybridized carbons (Fsp3) is 0.193. The number of hydrogen-bond donors (Lipinski definition) is 1. The van der Waals surface area contributed by atoms with E-state index in [0.29, 0.717) is 0 Å². The van der Waals surface area contributed by atoms with Crippen LogP contribution in [-0.2, 0) is 16.2 Å². The molecule has 0 fully saturated rings. The van der Waals surface area contributed by atoms with Gasteiger partial charge in [0.25, 0.3) is 0 Å². The zero-order valence-corrected chi connectivity index (χ0v) is 36.0. The minimum atomic E-state index is -0.0448. The Morgan fingerprint density at radius 3 is 2.05 bits per heavy atom. The van der Waals surface area contributed by atoms with Crippen molar-refractivity contribution in [3.05, 3.63) is 174 Å². The van der Waals surface area contributed by atoms with Crippen LogP contribution < -0.4 is 16.2 Å². The predicted molar refractivity (Wildman–Crippen MR) is 259 cm³/mol. The van der Waals surface area contributed by atoms with Gasteiger partial charge in [0.1, 0.15) is 0 Å². The average Bonchev–Trinajstić information content (AvgIpc) is 3.69. The highest BCUT2D eigenvalue weighted by Gasteiger charge is 2.35. The third-order valence-corrected chi connectivity index (χ3v) is 13.5. The van der Waals surface area contributed by atoms with Gasteiger partial charge in [-0.25, -0.2) is 0 Å². The summed E-state index contributed by atoms with van der Waals surface area (Å²) in [7, 11) is 2.49. The van der Waals surface area contributed by atoms with Crippen molar-refractivity contribution >= 4 is 62.2 Å². The smallest absolute Gasteiger partial charge is 0.197 e. The van der Waals surface area contributed by atoms with Crippen molar-refractivity contribution in [2.75, 3.05) is 5.32 Å². The summed E-state index contributed by atoms with van der Waals surface area (Å²) in [5, 5.41) is 9.08. The number of nitrogens with one attached hydrogen (secondary N) is 1. The molecular weight excluding hydrogens is 723 g/mol. The minimum Gasteiger partial charge on any atom is -0.355 e. The number of rotatable bonds is 4. The first-order valence-electron chi connectivity index (χ1n) is 21.5. The van der Waals surface area contributed by atoms with Gasteiger partial charge in [0.15, 0.2) is 7.28 Å². The van der Waals surface area contributed by atoms with Crippen LogP contribution in [0.3, 0.4) is 0 Å². The van der Waals surface area contributed by atoms with E-state index in [2.05, 4.69) is 224 Å². The summed E-state index contributed by atoms with van der Waals surface area (Å²) in [6.45, 7) is 18.6. The molecule has 8 aromatic carbocycles. The summed E-state index contributed by atoms with van der Waals surface area (Å²) >= 11 is 0. The van der Waals surface area contributed by atoms with Gasteiger partial charge in [-0.1, -0.05) is 164 Å². The fourth-order valence-electron chi connectivity index (χ4n) is 10.2. The molecule has 0 unspecified atom stereocenters. The molecule has 0 saturated carbocycles. The van der Waals surface area contributed by atoms with Gasteiger partial charge in [-0.05, 0) is 126 Å². The van der Waals surface area contributed by atoms with Gasteiger partial charge in [0.05, 0.1) is 5.52 Å². The van der Waals surface area contributed by atoms with Crippen molar-refractivity contribution in [3.8, 4) is 39.1 Å². The van der Waals surface area contributed by atoms with Crippen molar-refractivity contribution in [2.24, 2.45) is 0 Å². The van der Waals surface area contributed by atoms with Crippen LogP contribution in [0.2, 0.25) is 0 Å². The second-order valence-corrected chi connectivity index (χ2v) is 19.8. The first-order valence-corrected chi connectivity index (χ1v) is 21.5. The number of aromatic nitrogens is 1. The van der Waals surface area contributed by atoms with Crippen molar-refractivity contribution in [2.45, 2.75) is 71.6 Å². The Kier molecular flexibility index (Phi) is 7.86. The van der Waals surface area contributed by atoms with Crippen LogP contribution in [0.4, 0.5) is 11.4 Å². The third-order valence-electron chi connectivity index (χ3n) is 13.5. The normalized spacial score (nSPS) is 13.9. The lowest BCUT2D eigenvalue weighted by Gasteiger charge is -2.28. The second-order valence-electron chi connectivity index (χ2n) is 19.8. The first-order chi connectivity index (χ1) is 28.8. The minimum absolute atomic E-state index is 0.0207. The van der Waals surface area contributed by atoms with E-state index in [-0.39, 0.29) is 16.2 Å². The predicted octanol–water partition coefficient (Wildman–Crippen LogP) is 13.9. The lowest BCUT2D eigenvalue weighted by Crippen LogP contribution is -2.38. The number of nitrogens with zero attached hydrogens (tertiary/aromatic N) is 1. The maximum atomic E-state index is 4.01. The molecule has 9 aromatic rings. The van der Waals surface area contributed by atoms with Gasteiger partial charge in [0, 0.05) is 44.3 Å². The highest BCUT2D eigenvalue weighted by atomic mass is 15.0. The molecule has 0 atom stereocenters. The number of benzene rings is 8. The van der Waals surface area contributed by atoms with E-state index < -0.39 is 0 Å². The summed E-state index contributed by atoms with van der Waals surface area (Å²) in [6, 6.07) is 57.2. The number of hydrogen-bond acceptors (Lipinski definition) is 1. The van der Waals surface area contributed by atoms with Gasteiger partial charge < -0.3 is 9.88 Å². The van der Waals surface area contributed by atoms with E-state index in [1.807, 2.05) is 0 Å². The largest absolute Gasteiger partial charge is 0.355 e. The number of fused-ring (bicyclic) bond motifs is 9. The fourth-order valence-corrected chi connectivity index (χ4v) is 10.2. The molecule has 0 saturated heterocycles. The average molecular weight is 774 g/mol. The highest BCUT2D eigenvalue weighted by Crippen LogP contribution is 2.50. The molecule has 1 aromatic heterocycles. The molecule has 11 rings (SSSR count). The highest BCUT2D eigenvalue weighted by molar-refractivity contribution is 6.73. The quantitative estimate of drug-likeness (QED) is 0.176.